The summed E-state index contributed by atoms with van der Waals surface area (Å²) in [7, 11) is 0. The van der Waals surface area contributed by atoms with Gasteiger partial charge in [0.1, 0.15) is 23.5 Å². The molecule has 0 unspecified atom stereocenters. The Morgan fingerprint density at radius 1 is 1.16 bits per heavy atom. The first-order valence-corrected chi connectivity index (χ1v) is 11.2. The van der Waals surface area contributed by atoms with E-state index < -0.39 is 40.7 Å². The Morgan fingerprint density at radius 3 is 2.42 bits per heavy atom. The van der Waals surface area contributed by atoms with Crippen molar-refractivity contribution in [3.05, 3.63) is 35.4 Å². The Balaban J connectivity index is 1.73. The molecule has 8 nitrogen and oxygen atoms in total. The maximum absolute atomic E-state index is 13.2. The van der Waals surface area contributed by atoms with Gasteiger partial charge in [-0.3, -0.25) is 14.4 Å². The minimum absolute atomic E-state index is 0.0855. The van der Waals surface area contributed by atoms with Crippen LogP contribution < -0.4 is 10.6 Å². The van der Waals surface area contributed by atoms with Crippen LogP contribution in [0, 0.1) is 5.92 Å². The molecule has 1 fully saturated rings. The quantitative estimate of drug-likeness (QED) is 0.590. The van der Waals surface area contributed by atoms with Crippen molar-refractivity contribution in [2.75, 3.05) is 0 Å². The third-order valence-electron chi connectivity index (χ3n) is 5.62. The Bertz CT molecular complexity index is 916. The summed E-state index contributed by atoms with van der Waals surface area (Å²) in [5.41, 5.74) is 1.49. The molecule has 2 aliphatic heterocycles. The fourth-order valence-electron chi connectivity index (χ4n) is 4.15. The normalized spacial score (nSPS) is 23.2. The minimum atomic E-state index is -1.11. The van der Waals surface area contributed by atoms with E-state index in [2.05, 4.69) is 10.6 Å². The summed E-state index contributed by atoms with van der Waals surface area (Å²) in [4.78, 5) is 51.8. The summed E-state index contributed by atoms with van der Waals surface area (Å²) in [6.45, 7) is 9.06. The van der Waals surface area contributed by atoms with Gasteiger partial charge in [-0.15, -0.1) is 11.8 Å². The number of benzene rings is 1. The molecule has 0 bridgehead atoms. The van der Waals surface area contributed by atoms with Crippen molar-refractivity contribution < 1.29 is 24.3 Å². The molecule has 168 valence electrons. The predicted molar refractivity (Wildman–Crippen MR) is 117 cm³/mol. The van der Waals surface area contributed by atoms with Gasteiger partial charge in [-0.05, 0) is 44.7 Å². The Hall–Kier alpha value is -2.55. The number of nitrogens with one attached hydrogen (secondary N) is 2. The molecule has 0 saturated carbocycles. The fraction of sp³-hybridized carbons (Fsp3) is 0.545. The van der Waals surface area contributed by atoms with Gasteiger partial charge in [-0.2, -0.15) is 0 Å². The van der Waals surface area contributed by atoms with E-state index in [9.17, 15) is 24.3 Å². The molecular formula is C22H29N3O5S. The van der Waals surface area contributed by atoms with Gasteiger partial charge in [0.15, 0.2) is 0 Å². The number of amides is 3. The maximum Gasteiger partial charge on any atom is 0.326 e. The van der Waals surface area contributed by atoms with Gasteiger partial charge in [0, 0.05) is 10.3 Å². The van der Waals surface area contributed by atoms with Gasteiger partial charge >= 0.3 is 5.97 Å². The van der Waals surface area contributed by atoms with Crippen molar-refractivity contribution in [2.24, 2.45) is 5.92 Å². The molecule has 31 heavy (non-hydrogen) atoms. The van der Waals surface area contributed by atoms with Gasteiger partial charge in [0.2, 0.25) is 11.8 Å². The topological polar surface area (TPSA) is 116 Å². The smallest absolute Gasteiger partial charge is 0.326 e. The molecule has 1 aromatic carbocycles. The van der Waals surface area contributed by atoms with E-state index in [4.69, 9.17) is 0 Å². The SMILES string of the molecule is CC(C)C[C@@H](NC(=O)[C@H](C)NC(=O)[C@H]1N2C(=O)c3ccccc3[C@H]2SC1(C)C)C(=O)O. The third-order valence-corrected chi connectivity index (χ3v) is 7.15. The molecule has 0 aromatic heterocycles. The number of aliphatic carboxylic acids is 1. The summed E-state index contributed by atoms with van der Waals surface area (Å²) in [6.07, 6.45) is 0.288. The fourth-order valence-corrected chi connectivity index (χ4v) is 5.74. The van der Waals surface area contributed by atoms with Crippen molar-refractivity contribution in [3.63, 3.8) is 0 Å². The number of carboxylic acids is 1. The highest BCUT2D eigenvalue weighted by Crippen LogP contribution is 2.56. The molecule has 0 spiro atoms. The number of rotatable bonds is 7. The van der Waals surface area contributed by atoms with Crippen LogP contribution in [-0.4, -0.2) is 56.6 Å². The number of carbonyl (C=O) groups excluding carboxylic acids is 3. The largest absolute Gasteiger partial charge is 0.480 e. The van der Waals surface area contributed by atoms with Crippen LogP contribution >= 0.6 is 11.8 Å². The second-order valence-electron chi connectivity index (χ2n) is 9.04. The maximum atomic E-state index is 13.2. The molecule has 3 amide bonds. The van der Waals surface area contributed by atoms with E-state index in [0.717, 1.165) is 5.56 Å². The van der Waals surface area contributed by atoms with Crippen LogP contribution in [0.3, 0.4) is 0 Å². The van der Waals surface area contributed by atoms with Crippen LogP contribution in [0.2, 0.25) is 0 Å². The number of carbonyl (C=O) groups is 4. The Labute approximate surface area is 186 Å². The molecule has 1 saturated heterocycles. The minimum Gasteiger partial charge on any atom is -0.480 e. The summed E-state index contributed by atoms with van der Waals surface area (Å²) < 4.78 is -0.560. The van der Waals surface area contributed by atoms with Gasteiger partial charge in [-0.1, -0.05) is 32.0 Å². The van der Waals surface area contributed by atoms with Crippen LogP contribution in [0.15, 0.2) is 24.3 Å². The van der Waals surface area contributed by atoms with E-state index in [0.29, 0.717) is 5.56 Å². The van der Waals surface area contributed by atoms with Crippen LogP contribution in [0.1, 0.15) is 62.3 Å². The van der Waals surface area contributed by atoms with Crippen LogP contribution in [-0.2, 0) is 14.4 Å². The van der Waals surface area contributed by atoms with Crippen molar-refractivity contribution in [1.82, 2.24) is 15.5 Å². The summed E-state index contributed by atoms with van der Waals surface area (Å²) in [5.74, 6) is -2.23. The first-order chi connectivity index (χ1) is 14.4. The second-order valence-corrected chi connectivity index (χ2v) is 10.8. The lowest BCUT2D eigenvalue weighted by Crippen LogP contribution is -2.57. The average Bonchev–Trinajstić information content (AvgIpc) is 3.10. The van der Waals surface area contributed by atoms with Gasteiger partial charge < -0.3 is 20.6 Å². The zero-order valence-corrected chi connectivity index (χ0v) is 19.2. The van der Waals surface area contributed by atoms with E-state index >= 15 is 0 Å². The number of hydrogen-bond acceptors (Lipinski definition) is 5. The van der Waals surface area contributed by atoms with Crippen LogP contribution in [0.4, 0.5) is 0 Å². The highest BCUT2D eigenvalue weighted by Gasteiger charge is 2.57. The molecule has 9 heteroatoms. The highest BCUT2D eigenvalue weighted by atomic mass is 32.2. The number of nitrogens with zero attached hydrogens (tertiary/aromatic N) is 1. The first-order valence-electron chi connectivity index (χ1n) is 10.4. The molecule has 3 rings (SSSR count). The summed E-state index contributed by atoms with van der Waals surface area (Å²) in [6, 6.07) is 4.60. The zero-order valence-electron chi connectivity index (χ0n) is 18.3. The van der Waals surface area contributed by atoms with Gasteiger partial charge in [0.25, 0.3) is 5.91 Å². The van der Waals surface area contributed by atoms with Crippen molar-refractivity contribution in [3.8, 4) is 0 Å². The highest BCUT2D eigenvalue weighted by molar-refractivity contribution is 8.01. The lowest BCUT2D eigenvalue weighted by Gasteiger charge is -2.30. The zero-order chi connectivity index (χ0) is 23.1. The number of carboxylic acid groups (broad SMARTS) is 1. The molecule has 2 heterocycles. The molecule has 1 aromatic rings. The van der Waals surface area contributed by atoms with E-state index in [1.54, 1.807) is 28.8 Å². The Morgan fingerprint density at radius 2 is 1.81 bits per heavy atom. The lowest BCUT2D eigenvalue weighted by molar-refractivity contribution is -0.142. The number of thioether (sulfide) groups is 1. The van der Waals surface area contributed by atoms with E-state index in [1.165, 1.54) is 6.92 Å². The summed E-state index contributed by atoms with van der Waals surface area (Å²) in [5, 5.41) is 14.3. The monoisotopic (exact) mass is 447 g/mol. The first kappa shape index (κ1) is 23.1. The van der Waals surface area contributed by atoms with Crippen LogP contribution in [0.25, 0.3) is 0 Å². The molecular weight excluding hydrogens is 418 g/mol. The second kappa shape index (κ2) is 8.53. The predicted octanol–water partition coefficient (Wildman–Crippen LogP) is 2.16. The molecule has 0 radical (unpaired) electrons. The molecule has 0 aliphatic carbocycles. The molecule has 4 atom stereocenters. The van der Waals surface area contributed by atoms with Crippen molar-refractivity contribution in [2.45, 2.75) is 69.3 Å². The van der Waals surface area contributed by atoms with E-state index in [-0.39, 0.29) is 23.6 Å². The van der Waals surface area contributed by atoms with Crippen molar-refractivity contribution in [1.29, 1.82) is 0 Å². The average molecular weight is 448 g/mol. The van der Waals surface area contributed by atoms with Crippen LogP contribution in [0.5, 0.6) is 0 Å². The number of hydrogen-bond donors (Lipinski definition) is 3. The third kappa shape index (κ3) is 4.42. The molecule has 3 N–H and O–H groups in total. The van der Waals surface area contributed by atoms with Gasteiger partial charge in [-0.25, -0.2) is 4.79 Å². The lowest BCUT2D eigenvalue weighted by atomic mass is 10.00. The number of fused-ring (bicyclic) bond motifs is 3. The van der Waals surface area contributed by atoms with Gasteiger partial charge in [0.05, 0.1) is 0 Å². The standard InChI is InChI=1S/C22H29N3O5S/c1-11(2)10-15(21(29)30)24-17(26)12(3)23-18(27)16-22(4,5)31-20-14-9-7-6-8-13(14)19(28)25(16)20/h6-9,11-12,15-16,20H,10H2,1-5H3,(H,23,27)(H,24,26)(H,29,30)/t12-,15+,16+,20+/m0/s1. The summed E-state index contributed by atoms with van der Waals surface area (Å²) >= 11 is 1.54. The van der Waals surface area contributed by atoms with Crippen molar-refractivity contribution >= 4 is 35.5 Å². The van der Waals surface area contributed by atoms with E-state index in [1.807, 2.05) is 39.8 Å². The Kier molecular flexibility index (Phi) is 6.36. The molecule has 2 aliphatic rings.